The minimum Gasteiger partial charge on any atom is -0.396 e. The maximum Gasteiger partial charge on any atom is 0.138 e. The molecule has 0 saturated carbocycles. The molecule has 0 aliphatic heterocycles. The van der Waals surface area contributed by atoms with Gasteiger partial charge in [0.15, 0.2) is 0 Å². The summed E-state index contributed by atoms with van der Waals surface area (Å²) in [6.07, 6.45) is 9.17. The molecule has 0 aliphatic carbocycles. The van der Waals surface area contributed by atoms with E-state index in [1.165, 1.54) is 12.7 Å². The van der Waals surface area contributed by atoms with Crippen LogP contribution in [0, 0.1) is 10.8 Å². The van der Waals surface area contributed by atoms with E-state index in [1.54, 1.807) is 22.0 Å². The third-order valence-electron chi connectivity index (χ3n) is 6.39. The summed E-state index contributed by atoms with van der Waals surface area (Å²) in [5, 5.41) is 29.9. The highest BCUT2D eigenvalue weighted by Gasteiger charge is 2.32. The minimum atomic E-state index is -0.528. The van der Waals surface area contributed by atoms with Gasteiger partial charge in [-0.15, -0.1) is 0 Å². The lowest BCUT2D eigenvalue weighted by Crippen LogP contribution is -2.37. The largest absolute Gasteiger partial charge is 0.396 e. The van der Waals surface area contributed by atoms with Crippen LogP contribution in [-0.2, 0) is 6.42 Å². The van der Waals surface area contributed by atoms with E-state index in [-0.39, 0.29) is 23.5 Å². The molecule has 0 amide bonds. The predicted octanol–water partition coefficient (Wildman–Crippen LogP) is 6.46. The standard InChI is InChI=1S/C15H20ClN3O.C15H18ClN3O/c1-15(2,3)14(20)13(19-10-17-9-18-19)8-11-4-6-12(16)7-5-11;1-15(2,9-20)8-14(19-11-17-10-18-19)7-12-3-5-13(16)6-4-12/h4-7,9-10,13-14,20H,8H2,1-3H3;3-7,10-11,20H,8-9H2,1-2H3. The molecule has 0 bridgehead atoms. The fourth-order valence-electron chi connectivity index (χ4n) is 4.03. The highest BCUT2D eigenvalue weighted by Crippen LogP contribution is 2.31. The molecule has 2 aromatic heterocycles. The van der Waals surface area contributed by atoms with Crippen molar-refractivity contribution in [2.24, 2.45) is 10.8 Å². The van der Waals surface area contributed by atoms with Crippen LogP contribution in [0.25, 0.3) is 11.8 Å². The lowest BCUT2D eigenvalue weighted by atomic mass is 9.82. The molecule has 0 aliphatic rings. The number of halogens is 2. The summed E-state index contributed by atoms with van der Waals surface area (Å²) in [5.41, 5.74) is 2.67. The number of allylic oxidation sites excluding steroid dienone is 1. The molecule has 4 aromatic rings. The van der Waals surface area contributed by atoms with Crippen molar-refractivity contribution in [1.29, 1.82) is 0 Å². The number of hydrogen-bond donors (Lipinski definition) is 2. The van der Waals surface area contributed by atoms with Crippen molar-refractivity contribution in [3.05, 3.63) is 95.0 Å². The van der Waals surface area contributed by atoms with Crippen LogP contribution in [0.2, 0.25) is 10.0 Å². The zero-order valence-electron chi connectivity index (χ0n) is 23.6. The Labute approximate surface area is 246 Å². The highest BCUT2D eigenvalue weighted by atomic mass is 35.5. The molecule has 2 unspecified atom stereocenters. The van der Waals surface area contributed by atoms with E-state index in [1.807, 2.05) is 89.2 Å². The number of aliphatic hydroxyl groups excluding tert-OH is 2. The molecule has 4 rings (SSSR count). The average molecular weight is 586 g/mol. The van der Waals surface area contributed by atoms with E-state index in [4.69, 9.17) is 23.2 Å². The number of nitrogens with zero attached hydrogens (tertiary/aromatic N) is 6. The van der Waals surface area contributed by atoms with Crippen molar-refractivity contribution in [1.82, 2.24) is 29.5 Å². The maximum absolute atomic E-state index is 10.6. The molecule has 2 atom stereocenters. The summed E-state index contributed by atoms with van der Waals surface area (Å²) in [7, 11) is 0. The van der Waals surface area contributed by atoms with Crippen molar-refractivity contribution in [3.8, 4) is 0 Å². The Morgan fingerprint density at radius 2 is 1.45 bits per heavy atom. The molecule has 8 nitrogen and oxygen atoms in total. The molecule has 0 spiro atoms. The van der Waals surface area contributed by atoms with Gasteiger partial charge in [0.05, 0.1) is 12.1 Å². The van der Waals surface area contributed by atoms with Crippen LogP contribution < -0.4 is 0 Å². The lowest BCUT2D eigenvalue weighted by molar-refractivity contribution is 0.0124. The first-order valence-corrected chi connectivity index (χ1v) is 13.8. The van der Waals surface area contributed by atoms with Crippen molar-refractivity contribution in [2.45, 2.75) is 59.6 Å². The Balaban J connectivity index is 0.000000220. The topological polar surface area (TPSA) is 102 Å². The van der Waals surface area contributed by atoms with E-state index in [0.717, 1.165) is 16.8 Å². The van der Waals surface area contributed by atoms with Gasteiger partial charge in [-0.3, -0.25) is 0 Å². The Morgan fingerprint density at radius 3 is 1.95 bits per heavy atom. The van der Waals surface area contributed by atoms with Crippen molar-refractivity contribution >= 4 is 35.0 Å². The van der Waals surface area contributed by atoms with E-state index in [2.05, 4.69) is 20.2 Å². The first-order chi connectivity index (χ1) is 18.9. The molecular weight excluding hydrogens is 547 g/mol. The Bertz CT molecular complexity index is 1310. The maximum atomic E-state index is 10.6. The van der Waals surface area contributed by atoms with Crippen LogP contribution in [0.1, 0.15) is 58.2 Å². The normalized spacial score (nSPS) is 13.9. The number of benzene rings is 2. The Hall–Kier alpha value is -3.04. The Morgan fingerprint density at radius 1 is 0.875 bits per heavy atom. The van der Waals surface area contributed by atoms with E-state index in [0.29, 0.717) is 22.9 Å². The summed E-state index contributed by atoms with van der Waals surface area (Å²) < 4.78 is 3.45. The molecule has 0 saturated heterocycles. The van der Waals surface area contributed by atoms with Crippen LogP contribution in [0.3, 0.4) is 0 Å². The number of hydrogen-bond acceptors (Lipinski definition) is 6. The van der Waals surface area contributed by atoms with Crippen LogP contribution >= 0.6 is 23.2 Å². The molecule has 10 heteroatoms. The monoisotopic (exact) mass is 584 g/mol. The summed E-state index contributed by atoms with van der Waals surface area (Å²) in [5.74, 6) is 0. The lowest BCUT2D eigenvalue weighted by Gasteiger charge is -2.33. The highest BCUT2D eigenvalue weighted by molar-refractivity contribution is 6.30. The second kappa shape index (κ2) is 14.0. The quantitative estimate of drug-likeness (QED) is 0.234. The zero-order valence-corrected chi connectivity index (χ0v) is 25.1. The summed E-state index contributed by atoms with van der Waals surface area (Å²) in [6, 6.07) is 15.1. The molecule has 214 valence electrons. The molecular formula is C30H38Cl2N6O2. The van der Waals surface area contributed by atoms with Crippen molar-refractivity contribution in [2.75, 3.05) is 6.61 Å². The van der Waals surface area contributed by atoms with Gasteiger partial charge in [-0.05, 0) is 65.1 Å². The SMILES string of the molecule is CC(C)(C)C(O)C(Cc1ccc(Cl)cc1)n1cncn1.CC(C)(CO)CC(=Cc1ccc(Cl)cc1)n1cncn1. The van der Waals surface area contributed by atoms with Gasteiger partial charge in [-0.2, -0.15) is 10.2 Å². The third-order valence-corrected chi connectivity index (χ3v) is 6.89. The second-order valence-electron chi connectivity index (χ2n) is 11.6. The molecule has 0 radical (unpaired) electrons. The van der Waals surface area contributed by atoms with Gasteiger partial charge in [0.25, 0.3) is 0 Å². The van der Waals surface area contributed by atoms with Crippen LogP contribution in [-0.4, -0.2) is 52.5 Å². The average Bonchev–Trinajstić information content (AvgIpc) is 3.64. The number of rotatable bonds is 9. The minimum absolute atomic E-state index is 0.111. The molecule has 2 heterocycles. The fraction of sp³-hybridized carbons (Fsp3) is 0.400. The first-order valence-electron chi connectivity index (χ1n) is 13.1. The van der Waals surface area contributed by atoms with E-state index in [9.17, 15) is 10.2 Å². The van der Waals surface area contributed by atoms with Crippen LogP contribution in [0.15, 0.2) is 73.8 Å². The van der Waals surface area contributed by atoms with E-state index >= 15 is 0 Å². The van der Waals surface area contributed by atoms with Crippen LogP contribution in [0.4, 0.5) is 0 Å². The van der Waals surface area contributed by atoms with Gasteiger partial charge in [0.2, 0.25) is 0 Å². The Kier molecular flexibility index (Phi) is 11.0. The molecule has 2 N–H and O–H groups in total. The zero-order chi connectivity index (χ0) is 29.3. The first kappa shape index (κ1) is 31.5. The molecule has 0 fully saturated rings. The van der Waals surface area contributed by atoms with Gasteiger partial charge >= 0.3 is 0 Å². The van der Waals surface area contributed by atoms with Gasteiger partial charge in [0, 0.05) is 22.3 Å². The summed E-state index contributed by atoms with van der Waals surface area (Å²) in [4.78, 5) is 7.96. The van der Waals surface area contributed by atoms with Gasteiger partial charge in [0.1, 0.15) is 25.3 Å². The predicted molar refractivity (Wildman–Crippen MR) is 161 cm³/mol. The van der Waals surface area contributed by atoms with Crippen LogP contribution in [0.5, 0.6) is 0 Å². The smallest absolute Gasteiger partial charge is 0.138 e. The fourth-order valence-corrected chi connectivity index (χ4v) is 4.28. The second-order valence-corrected chi connectivity index (χ2v) is 12.5. The number of aromatic nitrogens is 6. The van der Waals surface area contributed by atoms with Crippen molar-refractivity contribution < 1.29 is 10.2 Å². The summed E-state index contributed by atoms with van der Waals surface area (Å²) in [6.45, 7) is 10.2. The van der Waals surface area contributed by atoms with Crippen molar-refractivity contribution in [3.63, 3.8) is 0 Å². The molecule has 40 heavy (non-hydrogen) atoms. The van der Waals surface area contributed by atoms with Gasteiger partial charge < -0.3 is 10.2 Å². The number of aliphatic hydroxyl groups is 2. The third kappa shape index (κ3) is 9.55. The summed E-state index contributed by atoms with van der Waals surface area (Å²) >= 11 is 11.8. The molecule has 2 aromatic carbocycles. The van der Waals surface area contributed by atoms with Gasteiger partial charge in [-0.1, -0.05) is 82.1 Å². The van der Waals surface area contributed by atoms with Gasteiger partial charge in [-0.25, -0.2) is 19.3 Å². The van der Waals surface area contributed by atoms with E-state index < -0.39 is 6.10 Å².